The lowest BCUT2D eigenvalue weighted by Gasteiger charge is -1.86. The van der Waals surface area contributed by atoms with E-state index in [1.165, 1.54) is 0 Å². The average molecular weight is 184 g/mol. The smallest absolute Gasteiger partial charge is 0.168 e. The van der Waals surface area contributed by atoms with Crippen LogP contribution in [0.3, 0.4) is 0 Å². The molecule has 4 heteroatoms. The summed E-state index contributed by atoms with van der Waals surface area (Å²) in [6.45, 7) is 4.63. The Hall–Kier alpha value is -1.16. The second-order valence-corrected chi connectivity index (χ2v) is 2.53. The van der Waals surface area contributed by atoms with E-state index in [0.29, 0.717) is 5.69 Å². The second-order valence-electron chi connectivity index (χ2n) is 2.53. The lowest BCUT2D eigenvalue weighted by molar-refractivity contribution is 0.111. The van der Waals surface area contributed by atoms with Crippen LogP contribution in [-0.4, -0.2) is 29.8 Å². The number of nitrogens with zero attached hydrogens (tertiary/aromatic N) is 2. The Labute approximate surface area is 78.5 Å². The number of ether oxygens (including phenoxy) is 1. The lowest BCUT2D eigenvalue weighted by atomic mass is 10.4. The third-order valence-corrected chi connectivity index (χ3v) is 1.45. The Morgan fingerprint density at radius 2 is 2.23 bits per heavy atom. The molecule has 0 aliphatic rings. The number of carbonyl (C=O) groups excluding carboxylic acids is 1. The van der Waals surface area contributed by atoms with Crippen molar-refractivity contribution in [2.45, 2.75) is 13.8 Å². The number of aromatic nitrogens is 2. The molecule has 0 bridgehead atoms. The summed E-state index contributed by atoms with van der Waals surface area (Å²) >= 11 is 0. The van der Waals surface area contributed by atoms with Gasteiger partial charge in [0, 0.05) is 20.8 Å². The van der Waals surface area contributed by atoms with Crippen molar-refractivity contribution in [1.29, 1.82) is 0 Å². The second kappa shape index (κ2) is 6.37. The SMILES string of the molecule is CCOC.Cc1cc(C=O)n(C)n1. The quantitative estimate of drug-likeness (QED) is 0.648. The molecule has 0 fully saturated rings. The third kappa shape index (κ3) is 4.42. The topological polar surface area (TPSA) is 44.1 Å². The monoisotopic (exact) mass is 184 g/mol. The first-order valence-corrected chi connectivity index (χ1v) is 4.10. The third-order valence-electron chi connectivity index (χ3n) is 1.45. The van der Waals surface area contributed by atoms with Gasteiger partial charge in [-0.25, -0.2) is 0 Å². The minimum absolute atomic E-state index is 0.618. The standard InChI is InChI=1S/C6H8N2O.C3H8O/c1-5-3-6(4-9)8(2)7-5;1-3-4-2/h3-4H,1-2H3;3H2,1-2H3. The summed E-state index contributed by atoms with van der Waals surface area (Å²) in [4.78, 5) is 10.2. The van der Waals surface area contributed by atoms with Crippen LogP contribution in [0.25, 0.3) is 0 Å². The molecule has 74 valence electrons. The van der Waals surface area contributed by atoms with Gasteiger partial charge in [0.25, 0.3) is 0 Å². The molecule has 1 aromatic heterocycles. The summed E-state index contributed by atoms with van der Waals surface area (Å²) in [6.07, 6.45) is 0.792. The Bertz CT molecular complexity index is 254. The molecule has 13 heavy (non-hydrogen) atoms. The van der Waals surface area contributed by atoms with Gasteiger partial charge in [0.05, 0.1) is 5.69 Å². The highest BCUT2D eigenvalue weighted by molar-refractivity contribution is 5.72. The maximum Gasteiger partial charge on any atom is 0.168 e. The molecule has 0 aliphatic heterocycles. The van der Waals surface area contributed by atoms with Crippen LogP contribution < -0.4 is 0 Å². The van der Waals surface area contributed by atoms with E-state index in [9.17, 15) is 4.79 Å². The number of hydrogen-bond donors (Lipinski definition) is 0. The van der Waals surface area contributed by atoms with Crippen LogP contribution in [0.15, 0.2) is 6.07 Å². The van der Waals surface area contributed by atoms with Crippen molar-refractivity contribution in [2.24, 2.45) is 7.05 Å². The van der Waals surface area contributed by atoms with Gasteiger partial charge in [0.15, 0.2) is 6.29 Å². The summed E-state index contributed by atoms with van der Waals surface area (Å²) in [7, 11) is 3.43. The van der Waals surface area contributed by atoms with Gasteiger partial charge < -0.3 is 4.74 Å². The van der Waals surface area contributed by atoms with E-state index >= 15 is 0 Å². The van der Waals surface area contributed by atoms with Crippen LogP contribution in [0.1, 0.15) is 23.1 Å². The molecule has 0 radical (unpaired) electrons. The van der Waals surface area contributed by atoms with Crippen LogP contribution in [-0.2, 0) is 11.8 Å². The highest BCUT2D eigenvalue weighted by atomic mass is 16.5. The van der Waals surface area contributed by atoms with Crippen molar-refractivity contribution in [3.8, 4) is 0 Å². The molecule has 0 aromatic carbocycles. The Morgan fingerprint density at radius 3 is 2.38 bits per heavy atom. The molecule has 0 saturated carbocycles. The van der Waals surface area contributed by atoms with E-state index < -0.39 is 0 Å². The number of aryl methyl sites for hydroxylation is 2. The molecule has 0 atom stereocenters. The largest absolute Gasteiger partial charge is 0.385 e. The van der Waals surface area contributed by atoms with Gasteiger partial charge in [-0.15, -0.1) is 0 Å². The summed E-state index contributed by atoms with van der Waals surface area (Å²) in [5, 5.41) is 3.97. The van der Waals surface area contributed by atoms with Crippen molar-refractivity contribution in [1.82, 2.24) is 9.78 Å². The number of aldehydes is 1. The van der Waals surface area contributed by atoms with E-state index in [1.807, 2.05) is 13.8 Å². The van der Waals surface area contributed by atoms with Crippen molar-refractivity contribution >= 4 is 6.29 Å². The maximum atomic E-state index is 10.2. The maximum absolute atomic E-state index is 10.2. The van der Waals surface area contributed by atoms with Crippen LogP contribution in [0.5, 0.6) is 0 Å². The molecular formula is C9H16N2O2. The Balaban J connectivity index is 0.000000310. The van der Waals surface area contributed by atoms with Gasteiger partial charge in [-0.2, -0.15) is 5.10 Å². The molecule has 0 amide bonds. The van der Waals surface area contributed by atoms with Gasteiger partial charge in [-0.3, -0.25) is 9.48 Å². The molecular weight excluding hydrogens is 168 g/mol. The van der Waals surface area contributed by atoms with Crippen molar-refractivity contribution in [2.75, 3.05) is 13.7 Å². The summed E-state index contributed by atoms with van der Waals surface area (Å²) in [5.74, 6) is 0. The summed E-state index contributed by atoms with van der Waals surface area (Å²) in [6, 6.07) is 1.74. The zero-order chi connectivity index (χ0) is 10.3. The van der Waals surface area contributed by atoms with Crippen LogP contribution in [0.2, 0.25) is 0 Å². The van der Waals surface area contributed by atoms with Crippen LogP contribution >= 0.6 is 0 Å². The fraction of sp³-hybridized carbons (Fsp3) is 0.556. The predicted octanol–water partition coefficient (Wildman–Crippen LogP) is 1.19. The van der Waals surface area contributed by atoms with E-state index in [4.69, 9.17) is 0 Å². The lowest BCUT2D eigenvalue weighted by Crippen LogP contribution is -1.95. The average Bonchev–Trinajstić information content (AvgIpc) is 2.45. The molecule has 4 nitrogen and oxygen atoms in total. The molecule has 0 aliphatic carbocycles. The van der Waals surface area contributed by atoms with E-state index in [2.05, 4.69) is 9.84 Å². The first kappa shape index (κ1) is 11.8. The molecule has 1 rings (SSSR count). The van der Waals surface area contributed by atoms with Gasteiger partial charge in [-0.05, 0) is 19.9 Å². The highest BCUT2D eigenvalue weighted by Gasteiger charge is 1.96. The normalized spacial score (nSPS) is 8.92. The van der Waals surface area contributed by atoms with Gasteiger partial charge >= 0.3 is 0 Å². The van der Waals surface area contributed by atoms with Gasteiger partial charge in [0.2, 0.25) is 0 Å². The number of carbonyl (C=O) groups is 1. The fourth-order valence-electron chi connectivity index (χ4n) is 0.741. The zero-order valence-corrected chi connectivity index (χ0v) is 8.57. The van der Waals surface area contributed by atoms with Gasteiger partial charge in [-0.1, -0.05) is 0 Å². The van der Waals surface area contributed by atoms with Gasteiger partial charge in [0.1, 0.15) is 5.69 Å². The molecule has 0 N–H and O–H groups in total. The predicted molar refractivity (Wildman–Crippen MR) is 50.9 cm³/mol. The van der Waals surface area contributed by atoms with Crippen LogP contribution in [0, 0.1) is 6.92 Å². The van der Waals surface area contributed by atoms with E-state index in [-0.39, 0.29) is 0 Å². The Morgan fingerprint density at radius 1 is 1.69 bits per heavy atom. The minimum atomic E-state index is 0.618. The first-order valence-electron chi connectivity index (χ1n) is 4.10. The number of rotatable bonds is 2. The van der Waals surface area contributed by atoms with Crippen molar-refractivity contribution in [3.63, 3.8) is 0 Å². The zero-order valence-electron chi connectivity index (χ0n) is 8.57. The highest BCUT2D eigenvalue weighted by Crippen LogP contribution is 1.96. The molecule has 1 aromatic rings. The summed E-state index contributed by atoms with van der Waals surface area (Å²) < 4.78 is 6.10. The van der Waals surface area contributed by atoms with E-state index in [1.54, 1.807) is 24.9 Å². The van der Waals surface area contributed by atoms with Crippen molar-refractivity contribution in [3.05, 3.63) is 17.5 Å². The first-order chi connectivity index (χ1) is 6.15. The summed E-state index contributed by atoms with van der Waals surface area (Å²) in [5.41, 5.74) is 1.49. The molecule has 0 unspecified atom stereocenters. The number of hydrogen-bond acceptors (Lipinski definition) is 3. The fourth-order valence-corrected chi connectivity index (χ4v) is 0.741. The minimum Gasteiger partial charge on any atom is -0.385 e. The van der Waals surface area contributed by atoms with Crippen molar-refractivity contribution < 1.29 is 9.53 Å². The molecule has 1 heterocycles. The van der Waals surface area contributed by atoms with Crippen LogP contribution in [0.4, 0.5) is 0 Å². The molecule has 0 spiro atoms. The number of methoxy groups -OCH3 is 1. The van der Waals surface area contributed by atoms with E-state index in [0.717, 1.165) is 18.6 Å². The Kier molecular flexibility index (Phi) is 5.80. The molecule has 0 saturated heterocycles.